The minimum absolute atomic E-state index is 0.0317. The molecule has 10 heteroatoms. The van der Waals surface area contributed by atoms with Gasteiger partial charge in [0, 0.05) is 11.2 Å². The van der Waals surface area contributed by atoms with Gasteiger partial charge in [-0.3, -0.25) is 14.5 Å². The molecule has 0 saturated carbocycles. The molecule has 0 radical (unpaired) electrons. The highest BCUT2D eigenvalue weighted by Gasteiger charge is 2.19. The number of nitrogens with one attached hydrogen (secondary N) is 2. The number of anilines is 2. The topological polar surface area (TPSA) is 101 Å². The molecule has 1 aromatic heterocycles. The van der Waals surface area contributed by atoms with Crippen molar-refractivity contribution in [3.8, 4) is 0 Å². The average Bonchev–Trinajstić information content (AvgIpc) is 2.62. The molecule has 0 saturated heterocycles. The van der Waals surface area contributed by atoms with Crippen LogP contribution >= 0.6 is 23.2 Å². The van der Waals surface area contributed by atoms with Crippen molar-refractivity contribution in [1.29, 1.82) is 0 Å². The summed E-state index contributed by atoms with van der Waals surface area (Å²) in [5, 5.41) is 5.55. The third kappa shape index (κ3) is 6.70. The molecule has 2 amide bonds. The molecule has 29 heavy (non-hydrogen) atoms. The fourth-order valence-electron chi connectivity index (χ4n) is 2.48. The van der Waals surface area contributed by atoms with Gasteiger partial charge in [0.25, 0.3) is 0 Å². The number of pyridine rings is 1. The maximum absolute atomic E-state index is 12.4. The number of aromatic nitrogens is 1. The highest BCUT2D eigenvalue weighted by Crippen LogP contribution is 2.30. The summed E-state index contributed by atoms with van der Waals surface area (Å²) in [4.78, 5) is 42.0. The summed E-state index contributed by atoms with van der Waals surface area (Å²) in [6, 6.07) is 6.30. The lowest BCUT2D eigenvalue weighted by Crippen LogP contribution is -2.36. The Labute approximate surface area is 178 Å². The van der Waals surface area contributed by atoms with Crippen LogP contribution in [0.1, 0.15) is 15.9 Å². The zero-order chi connectivity index (χ0) is 21.6. The van der Waals surface area contributed by atoms with Crippen molar-refractivity contribution in [2.45, 2.75) is 6.92 Å². The Morgan fingerprint density at radius 3 is 2.38 bits per heavy atom. The van der Waals surface area contributed by atoms with Gasteiger partial charge in [0.15, 0.2) is 0 Å². The number of carbonyl (C=O) groups is 3. The summed E-state index contributed by atoms with van der Waals surface area (Å²) in [7, 11) is 2.81. The number of rotatable bonds is 7. The number of hydrogen-bond donors (Lipinski definition) is 2. The second kappa shape index (κ2) is 10.2. The van der Waals surface area contributed by atoms with Crippen molar-refractivity contribution >= 4 is 52.5 Å². The molecule has 154 valence electrons. The van der Waals surface area contributed by atoms with Gasteiger partial charge in [-0.1, -0.05) is 23.2 Å². The van der Waals surface area contributed by atoms with E-state index >= 15 is 0 Å². The van der Waals surface area contributed by atoms with Gasteiger partial charge in [-0.2, -0.15) is 0 Å². The highest BCUT2D eigenvalue weighted by atomic mass is 35.5. The van der Waals surface area contributed by atoms with Gasteiger partial charge < -0.3 is 15.4 Å². The maximum Gasteiger partial charge on any atom is 0.340 e. The molecule has 0 aliphatic heterocycles. The van der Waals surface area contributed by atoms with Crippen molar-refractivity contribution in [3.05, 3.63) is 51.6 Å². The quantitative estimate of drug-likeness (QED) is 0.644. The minimum atomic E-state index is -0.692. The molecule has 2 aromatic rings. The van der Waals surface area contributed by atoms with Crippen LogP contribution in [0, 0.1) is 6.92 Å². The number of nitrogens with zero attached hydrogens (tertiary/aromatic N) is 2. The number of amides is 2. The smallest absolute Gasteiger partial charge is 0.340 e. The summed E-state index contributed by atoms with van der Waals surface area (Å²) in [5.74, 6) is -1.05. The van der Waals surface area contributed by atoms with Crippen LogP contribution in [0.15, 0.2) is 30.5 Å². The first-order valence-corrected chi connectivity index (χ1v) is 9.23. The Morgan fingerprint density at radius 1 is 1.10 bits per heavy atom. The van der Waals surface area contributed by atoms with Gasteiger partial charge in [0.2, 0.25) is 11.8 Å². The standard InChI is InChI=1S/C19H20Cl2N4O4/c1-11-4-5-22-15(6-11)23-16(26)9-25(2)10-17(27)24-18-13(19(28)29-3)7-12(20)8-14(18)21/h4-8H,9-10H2,1-3H3,(H,24,27)(H,22,23,26). The van der Waals surface area contributed by atoms with Crippen molar-refractivity contribution in [3.63, 3.8) is 0 Å². The molecular formula is C19H20Cl2N4O4. The Bertz CT molecular complexity index is 936. The Balaban J connectivity index is 1.98. The summed E-state index contributed by atoms with van der Waals surface area (Å²) >= 11 is 12.0. The van der Waals surface area contributed by atoms with E-state index in [-0.39, 0.29) is 40.3 Å². The van der Waals surface area contributed by atoms with Crippen LogP contribution in [0.3, 0.4) is 0 Å². The number of ether oxygens (including phenoxy) is 1. The molecule has 0 unspecified atom stereocenters. The minimum Gasteiger partial charge on any atom is -0.465 e. The van der Waals surface area contributed by atoms with Gasteiger partial charge >= 0.3 is 5.97 Å². The fourth-order valence-corrected chi connectivity index (χ4v) is 3.02. The first-order chi connectivity index (χ1) is 13.7. The van der Waals surface area contributed by atoms with Crippen molar-refractivity contribution in [2.75, 3.05) is 37.9 Å². The van der Waals surface area contributed by atoms with Gasteiger partial charge in [-0.05, 0) is 43.8 Å². The summed E-state index contributed by atoms with van der Waals surface area (Å²) in [6.45, 7) is 1.73. The maximum atomic E-state index is 12.4. The molecule has 0 fully saturated rings. The van der Waals surface area contributed by atoms with Crippen LogP contribution in [-0.2, 0) is 14.3 Å². The van der Waals surface area contributed by atoms with E-state index in [0.29, 0.717) is 5.82 Å². The fraction of sp³-hybridized carbons (Fsp3) is 0.263. The number of methoxy groups -OCH3 is 1. The van der Waals surface area contributed by atoms with E-state index in [2.05, 4.69) is 15.6 Å². The van der Waals surface area contributed by atoms with E-state index in [0.717, 1.165) is 5.56 Å². The molecular weight excluding hydrogens is 419 g/mol. The highest BCUT2D eigenvalue weighted by molar-refractivity contribution is 6.37. The number of halogens is 2. The van der Waals surface area contributed by atoms with Crippen molar-refractivity contribution in [2.24, 2.45) is 0 Å². The molecule has 1 aromatic carbocycles. The normalized spacial score (nSPS) is 10.6. The lowest BCUT2D eigenvalue weighted by molar-refractivity contribution is -0.119. The van der Waals surface area contributed by atoms with Crippen LogP contribution in [0.25, 0.3) is 0 Å². The Hall–Kier alpha value is -2.68. The van der Waals surface area contributed by atoms with Crippen molar-refractivity contribution < 1.29 is 19.1 Å². The van der Waals surface area contributed by atoms with Crippen LogP contribution in [0.2, 0.25) is 10.0 Å². The van der Waals surface area contributed by atoms with E-state index in [9.17, 15) is 14.4 Å². The van der Waals surface area contributed by atoms with E-state index in [4.69, 9.17) is 27.9 Å². The number of aryl methyl sites for hydroxylation is 1. The SMILES string of the molecule is COC(=O)c1cc(Cl)cc(Cl)c1NC(=O)CN(C)CC(=O)Nc1cc(C)ccn1. The average molecular weight is 439 g/mol. The third-order valence-corrected chi connectivity index (χ3v) is 4.25. The molecule has 0 spiro atoms. The van der Waals surface area contributed by atoms with E-state index in [1.54, 1.807) is 19.3 Å². The summed E-state index contributed by atoms with van der Waals surface area (Å²) < 4.78 is 4.69. The number of carbonyl (C=O) groups excluding carboxylic acids is 3. The molecule has 0 aliphatic rings. The largest absolute Gasteiger partial charge is 0.465 e. The Kier molecular flexibility index (Phi) is 7.95. The van der Waals surface area contributed by atoms with Crippen molar-refractivity contribution in [1.82, 2.24) is 9.88 Å². The van der Waals surface area contributed by atoms with E-state index in [1.165, 1.54) is 24.1 Å². The zero-order valence-corrected chi connectivity index (χ0v) is 17.6. The van der Waals surface area contributed by atoms with Gasteiger partial charge in [0.05, 0.1) is 36.5 Å². The third-order valence-electron chi connectivity index (χ3n) is 3.73. The number of likely N-dealkylation sites (N-methyl/N-ethyl adjacent to an activating group) is 1. The van der Waals surface area contributed by atoms with E-state index < -0.39 is 11.9 Å². The molecule has 1 heterocycles. The van der Waals surface area contributed by atoms with Gasteiger partial charge in [-0.25, -0.2) is 9.78 Å². The monoisotopic (exact) mass is 438 g/mol. The molecule has 0 aliphatic carbocycles. The number of esters is 1. The molecule has 8 nitrogen and oxygen atoms in total. The predicted octanol–water partition coefficient (Wildman–Crippen LogP) is 2.99. The second-order valence-corrected chi connectivity index (χ2v) is 7.13. The van der Waals surface area contributed by atoms with E-state index in [1.807, 2.05) is 13.0 Å². The van der Waals surface area contributed by atoms with Crippen LogP contribution in [0.4, 0.5) is 11.5 Å². The van der Waals surface area contributed by atoms with Crippen LogP contribution in [-0.4, -0.2) is 54.9 Å². The Morgan fingerprint density at radius 2 is 1.76 bits per heavy atom. The molecule has 2 rings (SSSR count). The first-order valence-electron chi connectivity index (χ1n) is 8.48. The van der Waals surface area contributed by atoms with Crippen LogP contribution in [0.5, 0.6) is 0 Å². The molecule has 0 bridgehead atoms. The number of benzene rings is 1. The predicted molar refractivity (Wildman–Crippen MR) is 112 cm³/mol. The second-order valence-electron chi connectivity index (χ2n) is 6.29. The van der Waals surface area contributed by atoms with Crippen LogP contribution < -0.4 is 10.6 Å². The van der Waals surface area contributed by atoms with Gasteiger partial charge in [-0.15, -0.1) is 0 Å². The lowest BCUT2D eigenvalue weighted by Gasteiger charge is -2.17. The summed E-state index contributed by atoms with van der Waals surface area (Å²) in [6.07, 6.45) is 1.59. The lowest BCUT2D eigenvalue weighted by atomic mass is 10.1. The van der Waals surface area contributed by atoms with Gasteiger partial charge in [0.1, 0.15) is 5.82 Å². The molecule has 2 N–H and O–H groups in total. The molecule has 0 atom stereocenters. The first kappa shape index (κ1) is 22.6. The number of hydrogen-bond acceptors (Lipinski definition) is 6. The summed E-state index contributed by atoms with van der Waals surface area (Å²) in [5.41, 5.74) is 1.09. The zero-order valence-electron chi connectivity index (χ0n) is 16.1.